The molecule has 1 aromatic carbocycles. The van der Waals surface area contributed by atoms with Crippen molar-refractivity contribution in [1.29, 1.82) is 0 Å². The van der Waals surface area contributed by atoms with Gasteiger partial charge in [0.05, 0.1) is 12.6 Å². The average molecular weight is 315 g/mol. The molecular weight excluding hydrogens is 293 g/mol. The van der Waals surface area contributed by atoms with E-state index in [0.29, 0.717) is 5.41 Å². The van der Waals surface area contributed by atoms with Crippen molar-refractivity contribution in [2.45, 2.75) is 19.3 Å². The van der Waals surface area contributed by atoms with E-state index in [1.165, 1.54) is 26.4 Å². The number of ether oxygens (including phenoxy) is 1. The maximum atomic E-state index is 14.1. The highest BCUT2D eigenvalue weighted by atomic mass is 19.1. The minimum absolute atomic E-state index is 0.247. The minimum atomic E-state index is -0.331. The van der Waals surface area contributed by atoms with Gasteiger partial charge >= 0.3 is 0 Å². The van der Waals surface area contributed by atoms with Crippen LogP contribution in [0.3, 0.4) is 0 Å². The molecule has 23 heavy (non-hydrogen) atoms. The number of aromatic nitrogens is 1. The molecule has 2 aromatic rings. The second-order valence-electron chi connectivity index (χ2n) is 6.75. The molecule has 1 N–H and O–H groups in total. The van der Waals surface area contributed by atoms with E-state index in [1.54, 1.807) is 18.3 Å². The van der Waals surface area contributed by atoms with Crippen LogP contribution in [-0.2, 0) is 0 Å². The molecule has 0 aliphatic carbocycles. The number of anilines is 1. The molecule has 122 valence electrons. The number of halogens is 1. The predicted molar refractivity (Wildman–Crippen MR) is 89.6 cm³/mol. The fourth-order valence-corrected chi connectivity index (χ4v) is 4.01. The van der Waals surface area contributed by atoms with Crippen molar-refractivity contribution in [3.05, 3.63) is 30.2 Å². The standard InChI is InChI=1S/C18H22FN3O/c1-23-17-11-15-13(10-14(17)19)16(2-6-21-15)22-8-4-18(5-9-22)3-7-20-12-18/h2,6,10-11,20H,3-5,7-9,12H2,1H3. The first kappa shape index (κ1) is 14.7. The fourth-order valence-electron chi connectivity index (χ4n) is 4.01. The normalized spacial score (nSPS) is 20.3. The van der Waals surface area contributed by atoms with E-state index < -0.39 is 0 Å². The molecule has 2 saturated heterocycles. The summed E-state index contributed by atoms with van der Waals surface area (Å²) in [5.41, 5.74) is 2.34. The number of fused-ring (bicyclic) bond motifs is 1. The van der Waals surface area contributed by atoms with E-state index in [1.807, 2.05) is 6.07 Å². The third-order valence-corrected chi connectivity index (χ3v) is 5.49. The summed E-state index contributed by atoms with van der Waals surface area (Å²) in [4.78, 5) is 6.75. The van der Waals surface area contributed by atoms with Crippen LogP contribution in [0.2, 0.25) is 0 Å². The van der Waals surface area contributed by atoms with Crippen LogP contribution in [0.25, 0.3) is 10.9 Å². The summed E-state index contributed by atoms with van der Waals surface area (Å²) in [5, 5.41) is 4.36. The van der Waals surface area contributed by atoms with Gasteiger partial charge in [-0.1, -0.05) is 0 Å². The Labute approximate surface area is 135 Å². The lowest BCUT2D eigenvalue weighted by Crippen LogP contribution is -2.41. The molecule has 4 rings (SSSR count). The van der Waals surface area contributed by atoms with Crippen molar-refractivity contribution in [2.24, 2.45) is 5.41 Å². The minimum Gasteiger partial charge on any atom is -0.494 e. The van der Waals surface area contributed by atoms with Crippen molar-refractivity contribution >= 4 is 16.6 Å². The molecule has 0 amide bonds. The Morgan fingerprint density at radius 2 is 2.09 bits per heavy atom. The number of benzene rings is 1. The molecule has 2 aliphatic heterocycles. The molecule has 0 bridgehead atoms. The molecule has 4 nitrogen and oxygen atoms in total. The van der Waals surface area contributed by atoms with Crippen LogP contribution in [0, 0.1) is 11.2 Å². The topological polar surface area (TPSA) is 37.4 Å². The molecule has 2 aliphatic rings. The fraction of sp³-hybridized carbons (Fsp3) is 0.500. The summed E-state index contributed by atoms with van der Waals surface area (Å²) >= 11 is 0. The number of piperidine rings is 1. The van der Waals surface area contributed by atoms with E-state index in [2.05, 4.69) is 15.2 Å². The number of pyridine rings is 1. The molecule has 5 heteroatoms. The lowest BCUT2D eigenvalue weighted by molar-refractivity contribution is 0.247. The summed E-state index contributed by atoms with van der Waals surface area (Å²) in [7, 11) is 1.48. The summed E-state index contributed by atoms with van der Waals surface area (Å²) in [6.45, 7) is 4.33. The first-order chi connectivity index (χ1) is 11.2. The maximum absolute atomic E-state index is 14.1. The zero-order valence-electron chi connectivity index (χ0n) is 13.4. The van der Waals surface area contributed by atoms with Gasteiger partial charge in [0, 0.05) is 43.0 Å². The Hall–Kier alpha value is -1.88. The van der Waals surface area contributed by atoms with E-state index in [-0.39, 0.29) is 11.6 Å². The number of nitrogens with zero attached hydrogens (tertiary/aromatic N) is 2. The molecule has 0 radical (unpaired) electrons. The zero-order valence-corrected chi connectivity index (χ0v) is 13.4. The Morgan fingerprint density at radius 1 is 1.26 bits per heavy atom. The van der Waals surface area contributed by atoms with Crippen LogP contribution >= 0.6 is 0 Å². The van der Waals surface area contributed by atoms with Crippen LogP contribution in [0.1, 0.15) is 19.3 Å². The van der Waals surface area contributed by atoms with Gasteiger partial charge < -0.3 is 15.0 Å². The SMILES string of the molecule is COc1cc2nccc(N3CCC4(CCNC4)CC3)c2cc1F. The van der Waals surface area contributed by atoms with Crippen LogP contribution < -0.4 is 15.0 Å². The van der Waals surface area contributed by atoms with E-state index >= 15 is 0 Å². The van der Waals surface area contributed by atoms with Gasteiger partial charge in [-0.05, 0) is 43.4 Å². The Morgan fingerprint density at radius 3 is 2.78 bits per heavy atom. The first-order valence-electron chi connectivity index (χ1n) is 8.29. The lowest BCUT2D eigenvalue weighted by Gasteiger charge is -2.40. The van der Waals surface area contributed by atoms with Gasteiger partial charge in [-0.15, -0.1) is 0 Å². The van der Waals surface area contributed by atoms with Crippen molar-refractivity contribution in [1.82, 2.24) is 10.3 Å². The highest BCUT2D eigenvalue weighted by Gasteiger charge is 2.37. The van der Waals surface area contributed by atoms with Gasteiger partial charge in [-0.25, -0.2) is 4.39 Å². The van der Waals surface area contributed by atoms with Crippen LogP contribution in [0.4, 0.5) is 10.1 Å². The first-order valence-corrected chi connectivity index (χ1v) is 8.29. The van der Waals surface area contributed by atoms with Gasteiger partial charge in [0.15, 0.2) is 11.6 Å². The number of hydrogen-bond donors (Lipinski definition) is 1. The Bertz CT molecular complexity index is 718. The highest BCUT2D eigenvalue weighted by Crippen LogP contribution is 2.39. The quantitative estimate of drug-likeness (QED) is 0.924. The Balaban J connectivity index is 1.65. The van der Waals surface area contributed by atoms with E-state index in [4.69, 9.17) is 4.74 Å². The van der Waals surface area contributed by atoms with Crippen LogP contribution in [-0.4, -0.2) is 38.3 Å². The van der Waals surface area contributed by atoms with Crippen molar-refractivity contribution in [2.75, 3.05) is 38.2 Å². The summed E-state index contributed by atoms with van der Waals surface area (Å²) in [6.07, 6.45) is 5.48. The van der Waals surface area contributed by atoms with Gasteiger partial charge in [-0.3, -0.25) is 4.98 Å². The smallest absolute Gasteiger partial charge is 0.165 e. The molecule has 1 aromatic heterocycles. The maximum Gasteiger partial charge on any atom is 0.165 e. The molecule has 3 heterocycles. The Kier molecular flexibility index (Phi) is 3.60. The number of rotatable bonds is 2. The predicted octanol–water partition coefficient (Wildman–Crippen LogP) is 2.96. The summed E-state index contributed by atoms with van der Waals surface area (Å²) < 4.78 is 19.2. The second-order valence-corrected chi connectivity index (χ2v) is 6.75. The van der Waals surface area contributed by atoms with Crippen LogP contribution in [0.15, 0.2) is 24.4 Å². The molecule has 0 saturated carbocycles. The van der Waals surface area contributed by atoms with Gasteiger partial charge in [0.1, 0.15) is 0 Å². The van der Waals surface area contributed by atoms with Gasteiger partial charge in [-0.2, -0.15) is 0 Å². The lowest BCUT2D eigenvalue weighted by atomic mass is 9.77. The molecule has 2 fully saturated rings. The van der Waals surface area contributed by atoms with Gasteiger partial charge in [0.2, 0.25) is 0 Å². The van der Waals surface area contributed by atoms with Crippen LogP contribution in [0.5, 0.6) is 5.75 Å². The van der Waals surface area contributed by atoms with Crippen molar-refractivity contribution in [3.63, 3.8) is 0 Å². The summed E-state index contributed by atoms with van der Waals surface area (Å²) in [5.74, 6) is -0.0838. The highest BCUT2D eigenvalue weighted by molar-refractivity contribution is 5.92. The largest absolute Gasteiger partial charge is 0.494 e. The molecule has 1 spiro atoms. The zero-order chi connectivity index (χ0) is 15.9. The van der Waals surface area contributed by atoms with Crippen molar-refractivity contribution < 1.29 is 9.13 Å². The monoisotopic (exact) mass is 315 g/mol. The average Bonchev–Trinajstić information content (AvgIpc) is 3.03. The van der Waals surface area contributed by atoms with E-state index in [9.17, 15) is 4.39 Å². The van der Waals surface area contributed by atoms with Crippen molar-refractivity contribution in [3.8, 4) is 5.75 Å². The van der Waals surface area contributed by atoms with E-state index in [0.717, 1.165) is 42.8 Å². The summed E-state index contributed by atoms with van der Waals surface area (Å²) in [6, 6.07) is 5.23. The molecule has 0 atom stereocenters. The third kappa shape index (κ3) is 2.53. The third-order valence-electron chi connectivity index (χ3n) is 5.49. The molecule has 0 unspecified atom stereocenters. The second kappa shape index (κ2) is 5.64. The number of hydrogen-bond acceptors (Lipinski definition) is 4. The number of nitrogens with one attached hydrogen (secondary N) is 1. The number of methoxy groups -OCH3 is 1. The van der Waals surface area contributed by atoms with Gasteiger partial charge in [0.25, 0.3) is 0 Å². The molecular formula is C18H22FN3O.